The number of amides is 1. The van der Waals surface area contributed by atoms with Gasteiger partial charge in [-0.1, -0.05) is 29.8 Å². The van der Waals surface area contributed by atoms with Crippen LogP contribution in [0.15, 0.2) is 54.6 Å². The molecule has 1 N–H and O–H groups in total. The average molecular weight is 353 g/mol. The van der Waals surface area contributed by atoms with Crippen LogP contribution in [-0.4, -0.2) is 26.6 Å². The highest BCUT2D eigenvalue weighted by atomic mass is 35.5. The fourth-order valence-corrected chi connectivity index (χ4v) is 3.47. The maximum Gasteiger partial charge on any atom is 0.247 e. The molecule has 0 heterocycles. The van der Waals surface area contributed by atoms with Crippen molar-refractivity contribution in [3.05, 3.63) is 59.6 Å². The van der Waals surface area contributed by atoms with Crippen molar-refractivity contribution in [2.45, 2.75) is 13.0 Å². The van der Waals surface area contributed by atoms with E-state index in [2.05, 4.69) is 5.32 Å². The Morgan fingerprint density at radius 3 is 2.17 bits per heavy atom. The van der Waals surface area contributed by atoms with E-state index in [4.69, 9.17) is 11.6 Å². The van der Waals surface area contributed by atoms with Gasteiger partial charge in [0.05, 0.1) is 11.9 Å². The molecule has 2 aromatic rings. The summed E-state index contributed by atoms with van der Waals surface area (Å²) >= 11 is 5.83. The molecule has 5 nitrogen and oxygen atoms in total. The topological polar surface area (TPSA) is 66.5 Å². The van der Waals surface area contributed by atoms with Gasteiger partial charge in [0.15, 0.2) is 0 Å². The van der Waals surface area contributed by atoms with Crippen LogP contribution in [0.3, 0.4) is 0 Å². The SMILES string of the molecule is C[C@H](C(=O)Nc1ccccc1)N(c1ccc(Cl)cc1)S(C)(=O)=O. The quantitative estimate of drug-likeness (QED) is 0.899. The Balaban J connectivity index is 2.28. The minimum absolute atomic E-state index is 0.382. The third-order valence-corrected chi connectivity index (χ3v) is 4.70. The van der Waals surface area contributed by atoms with Crippen molar-refractivity contribution >= 4 is 38.9 Å². The lowest BCUT2D eigenvalue weighted by Crippen LogP contribution is -2.45. The second-order valence-electron chi connectivity index (χ2n) is 5.07. The summed E-state index contributed by atoms with van der Waals surface area (Å²) < 4.78 is 25.3. The van der Waals surface area contributed by atoms with E-state index in [1.54, 1.807) is 48.5 Å². The molecule has 0 aromatic heterocycles. The summed E-state index contributed by atoms with van der Waals surface area (Å²) in [5, 5.41) is 3.19. The zero-order valence-corrected chi connectivity index (χ0v) is 14.3. The standard InChI is InChI=1S/C16H17ClN2O3S/c1-12(16(20)18-14-6-4-3-5-7-14)19(23(2,21)22)15-10-8-13(17)9-11-15/h3-12H,1-2H3,(H,18,20)/t12-/m1/s1. The van der Waals surface area contributed by atoms with E-state index in [0.717, 1.165) is 10.6 Å². The molecule has 1 atom stereocenters. The minimum atomic E-state index is -3.64. The Hall–Kier alpha value is -2.05. The maximum absolute atomic E-state index is 12.4. The third-order valence-electron chi connectivity index (χ3n) is 3.21. The molecule has 0 spiro atoms. The van der Waals surface area contributed by atoms with Crippen molar-refractivity contribution in [1.82, 2.24) is 0 Å². The first kappa shape index (κ1) is 17.3. The Bertz CT molecular complexity index is 777. The zero-order chi connectivity index (χ0) is 17.0. The summed E-state index contributed by atoms with van der Waals surface area (Å²) in [6.07, 6.45) is 1.06. The molecular formula is C16H17ClN2O3S. The van der Waals surface area contributed by atoms with E-state index in [-0.39, 0.29) is 0 Å². The Morgan fingerprint density at radius 1 is 1.09 bits per heavy atom. The number of halogens is 1. The van der Waals surface area contributed by atoms with Crippen molar-refractivity contribution in [1.29, 1.82) is 0 Å². The van der Waals surface area contributed by atoms with Gasteiger partial charge in [0.2, 0.25) is 15.9 Å². The van der Waals surface area contributed by atoms with Gasteiger partial charge in [0.1, 0.15) is 6.04 Å². The second kappa shape index (κ2) is 7.02. The van der Waals surface area contributed by atoms with Crippen LogP contribution in [0.4, 0.5) is 11.4 Å². The predicted molar refractivity (Wildman–Crippen MR) is 93.3 cm³/mol. The molecule has 0 unspecified atom stereocenters. The molecule has 1 amide bonds. The highest BCUT2D eigenvalue weighted by Crippen LogP contribution is 2.23. The molecule has 0 fully saturated rings. The van der Waals surface area contributed by atoms with Crippen LogP contribution < -0.4 is 9.62 Å². The smallest absolute Gasteiger partial charge is 0.247 e. The van der Waals surface area contributed by atoms with Gasteiger partial charge < -0.3 is 5.32 Å². The molecule has 2 aromatic carbocycles. The third kappa shape index (κ3) is 4.46. The molecule has 122 valence electrons. The molecule has 0 aliphatic heterocycles. The van der Waals surface area contributed by atoms with Crippen molar-refractivity contribution in [3.63, 3.8) is 0 Å². The van der Waals surface area contributed by atoms with Crippen molar-refractivity contribution in [2.24, 2.45) is 0 Å². The summed E-state index contributed by atoms with van der Waals surface area (Å²) in [6, 6.07) is 14.2. The number of sulfonamides is 1. The molecule has 0 saturated heterocycles. The lowest BCUT2D eigenvalue weighted by atomic mass is 10.2. The summed E-state index contributed by atoms with van der Waals surface area (Å²) in [6.45, 7) is 1.54. The number of benzene rings is 2. The average Bonchev–Trinajstić information content (AvgIpc) is 2.49. The summed E-state index contributed by atoms with van der Waals surface area (Å²) in [4.78, 5) is 12.4. The first-order valence-corrected chi connectivity index (χ1v) is 9.12. The first-order valence-electron chi connectivity index (χ1n) is 6.90. The van der Waals surface area contributed by atoms with Crippen LogP contribution in [0.25, 0.3) is 0 Å². The molecule has 23 heavy (non-hydrogen) atoms. The Morgan fingerprint density at radius 2 is 1.65 bits per heavy atom. The van der Waals surface area contributed by atoms with Crippen LogP contribution in [0, 0.1) is 0 Å². The predicted octanol–water partition coefficient (Wildman–Crippen LogP) is 3.13. The van der Waals surface area contributed by atoms with E-state index < -0.39 is 22.0 Å². The molecule has 7 heteroatoms. The minimum Gasteiger partial charge on any atom is -0.324 e. The van der Waals surface area contributed by atoms with E-state index in [0.29, 0.717) is 16.4 Å². The fourth-order valence-electron chi connectivity index (χ4n) is 2.16. The lowest BCUT2D eigenvalue weighted by molar-refractivity contribution is -0.116. The zero-order valence-electron chi connectivity index (χ0n) is 12.7. The maximum atomic E-state index is 12.4. The molecule has 0 saturated carbocycles. The number of rotatable bonds is 5. The number of para-hydroxylation sites is 1. The number of carbonyl (C=O) groups excluding carboxylic acids is 1. The summed E-state index contributed by atoms with van der Waals surface area (Å²) in [5.41, 5.74) is 0.988. The van der Waals surface area contributed by atoms with Gasteiger partial charge in [-0.2, -0.15) is 0 Å². The van der Waals surface area contributed by atoms with Crippen LogP contribution in [0.2, 0.25) is 5.02 Å². The molecule has 2 rings (SSSR count). The Labute approximate surface area is 140 Å². The van der Waals surface area contributed by atoms with Gasteiger partial charge in [0, 0.05) is 10.7 Å². The van der Waals surface area contributed by atoms with Crippen LogP contribution in [-0.2, 0) is 14.8 Å². The monoisotopic (exact) mass is 352 g/mol. The molecular weight excluding hydrogens is 336 g/mol. The number of nitrogens with zero attached hydrogens (tertiary/aromatic N) is 1. The molecule has 0 radical (unpaired) electrons. The van der Waals surface area contributed by atoms with Crippen LogP contribution in [0.1, 0.15) is 6.92 Å². The number of nitrogens with one attached hydrogen (secondary N) is 1. The molecule has 0 bridgehead atoms. The van der Waals surface area contributed by atoms with E-state index >= 15 is 0 Å². The lowest BCUT2D eigenvalue weighted by Gasteiger charge is -2.28. The molecule has 0 aliphatic rings. The fraction of sp³-hybridized carbons (Fsp3) is 0.188. The summed E-state index contributed by atoms with van der Waals surface area (Å²) in [5.74, 6) is -0.420. The summed E-state index contributed by atoms with van der Waals surface area (Å²) in [7, 11) is -3.64. The van der Waals surface area contributed by atoms with E-state index in [9.17, 15) is 13.2 Å². The largest absolute Gasteiger partial charge is 0.324 e. The van der Waals surface area contributed by atoms with Gasteiger partial charge in [-0.05, 0) is 43.3 Å². The number of hydrogen-bond donors (Lipinski definition) is 1. The Kier molecular flexibility index (Phi) is 5.28. The first-order chi connectivity index (χ1) is 10.8. The normalized spacial score (nSPS) is 12.5. The van der Waals surface area contributed by atoms with E-state index in [1.807, 2.05) is 6.07 Å². The highest BCUT2D eigenvalue weighted by Gasteiger charge is 2.29. The van der Waals surface area contributed by atoms with Gasteiger partial charge in [0.25, 0.3) is 0 Å². The van der Waals surface area contributed by atoms with Gasteiger partial charge >= 0.3 is 0 Å². The van der Waals surface area contributed by atoms with Crippen molar-refractivity contribution in [3.8, 4) is 0 Å². The van der Waals surface area contributed by atoms with Crippen LogP contribution in [0.5, 0.6) is 0 Å². The van der Waals surface area contributed by atoms with Crippen molar-refractivity contribution < 1.29 is 13.2 Å². The van der Waals surface area contributed by atoms with Crippen LogP contribution >= 0.6 is 11.6 Å². The number of carbonyl (C=O) groups is 1. The van der Waals surface area contributed by atoms with Gasteiger partial charge in [-0.15, -0.1) is 0 Å². The van der Waals surface area contributed by atoms with Gasteiger partial charge in [-0.25, -0.2) is 8.42 Å². The van der Waals surface area contributed by atoms with E-state index in [1.165, 1.54) is 6.92 Å². The van der Waals surface area contributed by atoms with Crippen molar-refractivity contribution in [2.75, 3.05) is 15.9 Å². The number of anilines is 2. The number of hydrogen-bond acceptors (Lipinski definition) is 3. The van der Waals surface area contributed by atoms with Gasteiger partial charge in [-0.3, -0.25) is 9.10 Å². The second-order valence-corrected chi connectivity index (χ2v) is 7.36. The highest BCUT2D eigenvalue weighted by molar-refractivity contribution is 7.92. The molecule has 0 aliphatic carbocycles.